The highest BCUT2D eigenvalue weighted by Gasteiger charge is 2.44. The van der Waals surface area contributed by atoms with Crippen molar-refractivity contribution >= 4 is 15.9 Å². The lowest BCUT2D eigenvalue weighted by Gasteiger charge is -2.39. The zero-order valence-electron chi connectivity index (χ0n) is 18.4. The van der Waals surface area contributed by atoms with E-state index in [9.17, 15) is 18.3 Å². The Morgan fingerprint density at radius 1 is 1.03 bits per heavy atom. The summed E-state index contributed by atoms with van der Waals surface area (Å²) in [6.45, 7) is 2.79. The molecule has 32 heavy (non-hydrogen) atoms. The lowest BCUT2D eigenvalue weighted by molar-refractivity contribution is -0.203. The van der Waals surface area contributed by atoms with Crippen LogP contribution >= 0.6 is 0 Å². The third-order valence-electron chi connectivity index (χ3n) is 4.71. The van der Waals surface area contributed by atoms with Crippen LogP contribution < -0.4 is 27.9 Å². The van der Waals surface area contributed by atoms with Gasteiger partial charge in [0.1, 0.15) is 0 Å². The van der Waals surface area contributed by atoms with Gasteiger partial charge in [-0.25, -0.2) is 0 Å². The highest BCUT2D eigenvalue weighted by molar-refractivity contribution is 7.86. The largest absolute Gasteiger partial charge is 0.493 e. The van der Waals surface area contributed by atoms with Gasteiger partial charge in [0.05, 0.1) is 27.6 Å². The molecular formula is C21H24O10S. The van der Waals surface area contributed by atoms with E-state index in [1.54, 1.807) is 0 Å². The topological polar surface area (TPSA) is 127 Å². The van der Waals surface area contributed by atoms with Crippen molar-refractivity contribution in [3.8, 4) is 34.5 Å². The Kier molecular flexibility index (Phi) is 6.16. The van der Waals surface area contributed by atoms with Gasteiger partial charge in [-0.3, -0.25) is 4.79 Å². The van der Waals surface area contributed by atoms with E-state index in [-0.39, 0.29) is 40.3 Å². The SMILES string of the molecule is COc1cc(C(C)=O)cc2c1OC(C)(O)C(c1cc(OC)c(OS(C)(=O)=O)c(OC)c1)O2. The van der Waals surface area contributed by atoms with E-state index < -0.39 is 22.0 Å². The number of Topliss-reactive ketones (excluding diaryl/α,β-unsaturated/α-hetero) is 1. The fraction of sp³-hybridized carbons (Fsp3) is 0.381. The molecule has 0 saturated carbocycles. The first kappa shape index (κ1) is 23.5. The molecule has 1 N–H and O–H groups in total. The summed E-state index contributed by atoms with van der Waals surface area (Å²) < 4.78 is 56.0. The van der Waals surface area contributed by atoms with E-state index >= 15 is 0 Å². The maximum absolute atomic E-state index is 11.9. The van der Waals surface area contributed by atoms with E-state index in [1.165, 1.54) is 59.4 Å². The van der Waals surface area contributed by atoms with Crippen LogP contribution in [0.5, 0.6) is 34.5 Å². The van der Waals surface area contributed by atoms with Crippen molar-refractivity contribution in [3.63, 3.8) is 0 Å². The Balaban J connectivity index is 2.14. The van der Waals surface area contributed by atoms with Crippen LogP contribution in [0.25, 0.3) is 0 Å². The molecule has 0 bridgehead atoms. The number of rotatable bonds is 7. The van der Waals surface area contributed by atoms with Gasteiger partial charge in [-0.15, -0.1) is 0 Å². The van der Waals surface area contributed by atoms with Crippen LogP contribution in [0.2, 0.25) is 0 Å². The second-order valence-electron chi connectivity index (χ2n) is 7.26. The first-order chi connectivity index (χ1) is 14.9. The molecule has 10 nitrogen and oxygen atoms in total. The Morgan fingerprint density at radius 3 is 2.06 bits per heavy atom. The zero-order chi connectivity index (χ0) is 23.8. The normalized spacial score (nSPS) is 19.8. The smallest absolute Gasteiger partial charge is 0.306 e. The maximum atomic E-state index is 11.9. The molecule has 0 amide bonds. The molecule has 174 valence electrons. The van der Waals surface area contributed by atoms with Gasteiger partial charge in [-0.05, 0) is 31.2 Å². The zero-order valence-corrected chi connectivity index (χ0v) is 19.2. The minimum Gasteiger partial charge on any atom is -0.493 e. The Hall–Kier alpha value is -3.18. The molecule has 1 heterocycles. The Morgan fingerprint density at radius 2 is 1.59 bits per heavy atom. The number of ketones is 1. The molecule has 2 aromatic rings. The minimum absolute atomic E-state index is 0.0324. The summed E-state index contributed by atoms with van der Waals surface area (Å²) >= 11 is 0. The number of benzene rings is 2. The molecule has 0 saturated heterocycles. The van der Waals surface area contributed by atoms with Crippen LogP contribution in [0.4, 0.5) is 0 Å². The van der Waals surface area contributed by atoms with Gasteiger partial charge in [-0.2, -0.15) is 8.42 Å². The monoisotopic (exact) mass is 468 g/mol. The van der Waals surface area contributed by atoms with Gasteiger partial charge in [0, 0.05) is 18.1 Å². The Labute approximate surface area is 185 Å². The van der Waals surface area contributed by atoms with Gasteiger partial charge in [0.2, 0.25) is 17.3 Å². The summed E-state index contributed by atoms with van der Waals surface area (Å²) in [6, 6.07) is 5.84. The summed E-state index contributed by atoms with van der Waals surface area (Å²) in [6.07, 6.45) is -0.225. The second-order valence-corrected chi connectivity index (χ2v) is 8.83. The average molecular weight is 468 g/mol. The van der Waals surface area contributed by atoms with Crippen LogP contribution in [0.1, 0.15) is 35.9 Å². The second kappa shape index (κ2) is 8.40. The summed E-state index contributed by atoms with van der Waals surface area (Å²) in [4.78, 5) is 11.9. The van der Waals surface area contributed by atoms with Gasteiger partial charge in [0.25, 0.3) is 0 Å². The number of ether oxygens (including phenoxy) is 5. The number of carbonyl (C=O) groups excluding carboxylic acids is 1. The van der Waals surface area contributed by atoms with Crippen molar-refractivity contribution in [3.05, 3.63) is 35.4 Å². The van der Waals surface area contributed by atoms with Crippen LogP contribution in [0.15, 0.2) is 24.3 Å². The number of aliphatic hydroxyl groups is 1. The quantitative estimate of drug-likeness (QED) is 0.478. The van der Waals surface area contributed by atoms with E-state index in [2.05, 4.69) is 0 Å². The third kappa shape index (κ3) is 4.53. The average Bonchev–Trinajstić information content (AvgIpc) is 2.71. The molecule has 0 aliphatic carbocycles. The molecule has 0 fully saturated rings. The van der Waals surface area contributed by atoms with Crippen LogP contribution in [-0.2, 0) is 10.1 Å². The van der Waals surface area contributed by atoms with Crippen molar-refractivity contribution in [1.29, 1.82) is 0 Å². The first-order valence-corrected chi connectivity index (χ1v) is 11.2. The number of hydrogen-bond acceptors (Lipinski definition) is 10. The third-order valence-corrected chi connectivity index (χ3v) is 5.18. The van der Waals surface area contributed by atoms with Crippen molar-refractivity contribution in [2.75, 3.05) is 27.6 Å². The van der Waals surface area contributed by atoms with Crippen molar-refractivity contribution in [1.82, 2.24) is 0 Å². The van der Waals surface area contributed by atoms with Gasteiger partial charge in [0.15, 0.2) is 34.9 Å². The van der Waals surface area contributed by atoms with Crippen molar-refractivity contribution in [2.45, 2.75) is 25.7 Å². The molecule has 2 unspecified atom stereocenters. The maximum Gasteiger partial charge on any atom is 0.306 e. The highest BCUT2D eigenvalue weighted by Crippen LogP contribution is 2.51. The van der Waals surface area contributed by atoms with E-state index in [0.29, 0.717) is 11.1 Å². The summed E-state index contributed by atoms with van der Waals surface area (Å²) in [5.41, 5.74) is 0.666. The molecule has 0 spiro atoms. The number of methoxy groups -OCH3 is 3. The van der Waals surface area contributed by atoms with Crippen LogP contribution in [0.3, 0.4) is 0 Å². The van der Waals surface area contributed by atoms with Gasteiger partial charge in [-0.1, -0.05) is 0 Å². The van der Waals surface area contributed by atoms with Gasteiger partial charge >= 0.3 is 10.1 Å². The van der Waals surface area contributed by atoms with Crippen molar-refractivity contribution < 1.29 is 46.2 Å². The fourth-order valence-corrected chi connectivity index (χ4v) is 3.75. The fourth-order valence-electron chi connectivity index (χ4n) is 3.28. The van der Waals surface area contributed by atoms with Crippen molar-refractivity contribution in [2.24, 2.45) is 0 Å². The molecule has 0 radical (unpaired) electrons. The van der Waals surface area contributed by atoms with Crippen LogP contribution in [-0.4, -0.2) is 52.7 Å². The van der Waals surface area contributed by atoms with E-state index in [0.717, 1.165) is 6.26 Å². The molecule has 2 aromatic carbocycles. The number of fused-ring (bicyclic) bond motifs is 1. The summed E-state index contributed by atoms with van der Waals surface area (Å²) in [5.74, 6) is -1.65. The number of carbonyl (C=O) groups is 1. The number of hydrogen-bond donors (Lipinski definition) is 1. The minimum atomic E-state index is -3.87. The molecular weight excluding hydrogens is 444 g/mol. The molecule has 1 aliphatic rings. The van der Waals surface area contributed by atoms with Crippen LogP contribution in [0, 0.1) is 0 Å². The highest BCUT2D eigenvalue weighted by atomic mass is 32.2. The molecule has 11 heteroatoms. The standard InChI is InChI=1S/C21H24O10S/c1-11(22)12-7-14(26-3)18-17(8-12)29-20(21(2,23)30-18)13-9-15(27-4)19(16(10-13)28-5)31-32(6,24)25/h7-10,20,23H,1-6H3. The van der Waals surface area contributed by atoms with E-state index in [4.69, 9.17) is 27.9 Å². The molecule has 3 rings (SSSR count). The van der Waals surface area contributed by atoms with E-state index in [1.807, 2.05) is 0 Å². The molecule has 1 aliphatic heterocycles. The van der Waals surface area contributed by atoms with Gasteiger partial charge < -0.3 is 33.0 Å². The molecule has 2 atom stereocenters. The molecule has 0 aromatic heterocycles. The Bertz CT molecular complexity index is 1130. The predicted molar refractivity (Wildman–Crippen MR) is 113 cm³/mol. The lowest BCUT2D eigenvalue weighted by Crippen LogP contribution is -2.44. The summed E-state index contributed by atoms with van der Waals surface area (Å²) in [7, 11) is 0.174. The predicted octanol–water partition coefficient (Wildman–Crippen LogP) is 2.47. The summed E-state index contributed by atoms with van der Waals surface area (Å²) in [5, 5.41) is 11.0. The first-order valence-electron chi connectivity index (χ1n) is 9.36. The lowest BCUT2D eigenvalue weighted by atomic mass is 9.99.